The van der Waals surface area contributed by atoms with Crippen molar-refractivity contribution in [2.45, 2.75) is 38.0 Å². The van der Waals surface area contributed by atoms with Gasteiger partial charge in [-0.3, -0.25) is 19.3 Å². The highest BCUT2D eigenvalue weighted by Crippen LogP contribution is 2.54. The van der Waals surface area contributed by atoms with Gasteiger partial charge in [-0.1, -0.05) is 0 Å². The average Bonchev–Trinajstić information content (AvgIpc) is 2.75. The number of aromatic hydroxyl groups is 1. The molecule has 1 unspecified atom stereocenters. The number of carbonyl (C=O) groups is 3. The van der Waals surface area contributed by atoms with Gasteiger partial charge in [0, 0.05) is 43.4 Å². The number of nitrogens with two attached hydrogens (primary N) is 1. The Hall–Kier alpha value is -3.21. The number of rotatable bonds is 4. The zero-order valence-electron chi connectivity index (χ0n) is 20.4. The smallest absolute Gasteiger partial charge is 0.202 e. The van der Waals surface area contributed by atoms with Crippen molar-refractivity contribution in [2.75, 3.05) is 33.1 Å². The fourth-order valence-corrected chi connectivity index (χ4v) is 6.00. The third kappa shape index (κ3) is 3.24. The van der Waals surface area contributed by atoms with Crippen LogP contribution in [0.25, 0.3) is 5.76 Å². The summed E-state index contributed by atoms with van der Waals surface area (Å²) in [6, 6.07) is 0.693. The van der Waals surface area contributed by atoms with Crippen molar-refractivity contribution in [1.29, 1.82) is 0 Å². The molecule has 0 heterocycles. The Labute approximate surface area is 202 Å². The molecular formula is C25H31N3O7. The van der Waals surface area contributed by atoms with Gasteiger partial charge in [0.05, 0.1) is 11.6 Å². The molecular weight excluding hydrogens is 454 g/mol. The molecule has 0 bridgehead atoms. The number of nitrogens with zero attached hydrogens (tertiary/aromatic N) is 2. The summed E-state index contributed by atoms with van der Waals surface area (Å²) in [5.74, 6) is -5.80. The lowest BCUT2D eigenvalue weighted by atomic mass is 9.57. The molecule has 0 amide bonds. The van der Waals surface area contributed by atoms with E-state index in [1.54, 1.807) is 20.2 Å². The molecule has 0 saturated heterocycles. The van der Waals surface area contributed by atoms with E-state index in [-0.39, 0.29) is 36.3 Å². The maximum atomic E-state index is 13.9. The Kier molecular flexibility index (Phi) is 5.82. The van der Waals surface area contributed by atoms with Crippen molar-refractivity contribution >= 4 is 28.8 Å². The monoisotopic (exact) mass is 485 g/mol. The van der Waals surface area contributed by atoms with Crippen LogP contribution in [0.1, 0.15) is 30.0 Å². The van der Waals surface area contributed by atoms with E-state index in [0.29, 0.717) is 16.8 Å². The molecule has 10 nitrogen and oxygen atoms in total. The molecule has 1 aromatic rings. The minimum Gasteiger partial charge on any atom is -0.508 e. The van der Waals surface area contributed by atoms with Gasteiger partial charge in [0.1, 0.15) is 22.8 Å². The standard InChI is InChI=1S/C25H31N3O7/c1-10(29)16-22(32)19(28(4)5)14-7-11-6-13-15(27(2)3)8-12(9-26)20(30)18(13)21(31)17(11)24(34)25(14,35)23(16)33/h8,11,14,19,30-31,33,35H,6-7,9,26H2,1-5H3/t11-,14-,19?,25+/m0/s1. The topological polar surface area (TPSA) is 165 Å². The zero-order chi connectivity index (χ0) is 26.1. The summed E-state index contributed by atoms with van der Waals surface area (Å²) >= 11 is 0. The minimum atomic E-state index is -2.58. The van der Waals surface area contributed by atoms with Crippen LogP contribution < -0.4 is 10.6 Å². The zero-order valence-corrected chi connectivity index (χ0v) is 20.4. The molecule has 4 atom stereocenters. The lowest BCUT2D eigenvalue weighted by Gasteiger charge is -2.50. The third-order valence-corrected chi connectivity index (χ3v) is 7.58. The van der Waals surface area contributed by atoms with Crippen LogP contribution in [0.3, 0.4) is 0 Å². The molecule has 3 aliphatic carbocycles. The van der Waals surface area contributed by atoms with Crippen LogP contribution in [0.2, 0.25) is 0 Å². The molecule has 0 aromatic heterocycles. The van der Waals surface area contributed by atoms with Gasteiger partial charge >= 0.3 is 0 Å². The first-order valence-corrected chi connectivity index (χ1v) is 11.4. The van der Waals surface area contributed by atoms with Gasteiger partial charge in [-0.2, -0.15) is 0 Å². The molecule has 35 heavy (non-hydrogen) atoms. The number of carbonyl (C=O) groups excluding carboxylic acids is 3. The normalized spacial score (nSPS) is 28.2. The van der Waals surface area contributed by atoms with Crippen LogP contribution in [0, 0.1) is 11.8 Å². The van der Waals surface area contributed by atoms with E-state index in [4.69, 9.17) is 5.73 Å². The number of likely N-dealkylation sites (N-methyl/N-ethyl adjacent to an activating group) is 1. The van der Waals surface area contributed by atoms with E-state index in [2.05, 4.69) is 0 Å². The number of Topliss-reactive ketones (excluding diaryl/α,β-unsaturated/α-hetero) is 3. The van der Waals surface area contributed by atoms with Gasteiger partial charge in [0.25, 0.3) is 0 Å². The first kappa shape index (κ1) is 24.9. The van der Waals surface area contributed by atoms with E-state index in [9.17, 15) is 34.8 Å². The van der Waals surface area contributed by atoms with Gasteiger partial charge in [-0.15, -0.1) is 0 Å². The maximum Gasteiger partial charge on any atom is 0.202 e. The number of aliphatic hydroxyl groups excluding tert-OH is 2. The predicted octanol–water partition coefficient (Wildman–Crippen LogP) is 0.592. The number of aliphatic hydroxyl groups is 3. The summed E-state index contributed by atoms with van der Waals surface area (Å²) in [7, 11) is 6.82. The molecule has 1 saturated carbocycles. The first-order valence-electron chi connectivity index (χ1n) is 11.4. The second-order valence-corrected chi connectivity index (χ2v) is 10.0. The molecule has 10 heteroatoms. The SMILES string of the molecule is CC(=O)C1=C(O)[C@@]2(O)C(=O)C3=C(O)c4c(O)c(CN)cc(N(C)C)c4C[C@H]3C[C@H]2C(N(C)C)C1=O. The van der Waals surface area contributed by atoms with Crippen LogP contribution in [0.5, 0.6) is 5.75 Å². The average molecular weight is 486 g/mol. The van der Waals surface area contributed by atoms with Crippen LogP contribution in [-0.4, -0.2) is 82.5 Å². The summed E-state index contributed by atoms with van der Waals surface area (Å²) < 4.78 is 0. The van der Waals surface area contributed by atoms with Crippen molar-refractivity contribution in [3.05, 3.63) is 39.7 Å². The highest BCUT2D eigenvalue weighted by atomic mass is 16.3. The van der Waals surface area contributed by atoms with Crippen molar-refractivity contribution < 1.29 is 34.8 Å². The summed E-state index contributed by atoms with van der Waals surface area (Å²) in [5, 5.41) is 44.8. The summed E-state index contributed by atoms with van der Waals surface area (Å²) in [5.41, 5.74) is 4.21. The predicted molar refractivity (Wildman–Crippen MR) is 128 cm³/mol. The van der Waals surface area contributed by atoms with Crippen molar-refractivity contribution in [1.82, 2.24) is 4.90 Å². The Balaban J connectivity index is 2.01. The number of phenolic OH excluding ortho intramolecular Hbond substituents is 1. The Morgan fingerprint density at radius 2 is 1.80 bits per heavy atom. The van der Waals surface area contributed by atoms with Gasteiger partial charge in [-0.05, 0) is 51.4 Å². The lowest BCUT2D eigenvalue weighted by molar-refractivity contribution is -0.153. The highest BCUT2D eigenvalue weighted by molar-refractivity contribution is 6.25. The number of fused-ring (bicyclic) bond motifs is 3. The van der Waals surface area contributed by atoms with E-state index >= 15 is 0 Å². The van der Waals surface area contributed by atoms with Gasteiger partial charge in [-0.25, -0.2) is 0 Å². The first-order chi connectivity index (χ1) is 16.3. The molecule has 4 rings (SSSR count). The molecule has 1 fully saturated rings. The number of phenols is 1. The number of hydrogen-bond donors (Lipinski definition) is 5. The lowest BCUT2D eigenvalue weighted by Crippen LogP contribution is -2.65. The van der Waals surface area contributed by atoms with E-state index < -0.39 is 57.9 Å². The summed E-state index contributed by atoms with van der Waals surface area (Å²) in [4.78, 5) is 42.6. The van der Waals surface area contributed by atoms with Crippen LogP contribution in [0.4, 0.5) is 5.69 Å². The number of anilines is 1. The largest absolute Gasteiger partial charge is 0.508 e. The Bertz CT molecular complexity index is 1230. The van der Waals surface area contributed by atoms with Gasteiger partial charge < -0.3 is 31.1 Å². The highest BCUT2D eigenvalue weighted by Gasteiger charge is 2.64. The number of hydrogen-bond acceptors (Lipinski definition) is 10. The molecule has 6 N–H and O–H groups in total. The number of ketones is 3. The Morgan fingerprint density at radius 1 is 1.17 bits per heavy atom. The fraction of sp³-hybridized carbons (Fsp3) is 0.480. The second kappa shape index (κ2) is 8.18. The third-order valence-electron chi connectivity index (χ3n) is 7.58. The van der Waals surface area contributed by atoms with E-state index in [1.807, 2.05) is 19.0 Å². The van der Waals surface area contributed by atoms with Crippen molar-refractivity contribution in [2.24, 2.45) is 17.6 Å². The van der Waals surface area contributed by atoms with Crippen molar-refractivity contribution in [3.63, 3.8) is 0 Å². The van der Waals surface area contributed by atoms with Crippen LogP contribution >= 0.6 is 0 Å². The summed E-state index contributed by atoms with van der Waals surface area (Å²) in [6.45, 7) is 1.07. The molecule has 0 radical (unpaired) electrons. The molecule has 0 spiro atoms. The van der Waals surface area contributed by atoms with Crippen LogP contribution in [-0.2, 0) is 27.3 Å². The summed E-state index contributed by atoms with van der Waals surface area (Å²) in [6.07, 6.45) is 0.328. The number of benzene rings is 1. The van der Waals surface area contributed by atoms with Crippen molar-refractivity contribution in [3.8, 4) is 5.75 Å². The van der Waals surface area contributed by atoms with Gasteiger partial charge in [0.2, 0.25) is 5.78 Å². The van der Waals surface area contributed by atoms with Gasteiger partial charge in [0.15, 0.2) is 17.2 Å². The maximum absolute atomic E-state index is 13.9. The quantitative estimate of drug-likeness (QED) is 0.381. The molecule has 3 aliphatic rings. The van der Waals surface area contributed by atoms with E-state index in [0.717, 1.165) is 6.92 Å². The van der Waals surface area contributed by atoms with E-state index in [1.165, 1.54) is 4.90 Å². The second-order valence-electron chi connectivity index (χ2n) is 10.0. The fourth-order valence-electron chi connectivity index (χ4n) is 6.00. The Morgan fingerprint density at radius 3 is 2.31 bits per heavy atom. The molecule has 0 aliphatic heterocycles. The minimum absolute atomic E-state index is 0.00984. The molecule has 1 aromatic carbocycles. The molecule has 188 valence electrons. The van der Waals surface area contributed by atoms with Crippen LogP contribution in [0.15, 0.2) is 23.0 Å².